The maximum Gasteiger partial charge on any atom is 0.319 e. The van der Waals surface area contributed by atoms with E-state index in [1.165, 1.54) is 28.8 Å². The Morgan fingerprint density at radius 3 is 3.00 bits per heavy atom. The molecule has 0 aromatic carbocycles. The lowest BCUT2D eigenvalue weighted by molar-refractivity contribution is 0.0678. The standard InChI is InChI=1S/C8H10F2N6OS/c9-7(10)15-2-1-11-6(15)5-18-8-12-13-14-16(8)3-4-17/h1-2,7,17H,3-5H2. The number of aliphatic hydroxyl groups is 1. The van der Waals surface area contributed by atoms with Crippen LogP contribution in [0.25, 0.3) is 0 Å². The lowest BCUT2D eigenvalue weighted by Gasteiger charge is -2.05. The van der Waals surface area contributed by atoms with Gasteiger partial charge in [-0.2, -0.15) is 8.78 Å². The maximum absolute atomic E-state index is 12.6. The Balaban J connectivity index is 2.02. The highest BCUT2D eigenvalue weighted by molar-refractivity contribution is 7.98. The lowest BCUT2D eigenvalue weighted by atomic mass is 10.7. The van der Waals surface area contributed by atoms with Crippen LogP contribution in [0, 0.1) is 0 Å². The van der Waals surface area contributed by atoms with E-state index in [1.54, 1.807) is 0 Å². The quantitative estimate of drug-likeness (QED) is 0.776. The molecule has 1 N–H and O–H groups in total. The first-order valence-electron chi connectivity index (χ1n) is 5.02. The number of nitrogens with zero attached hydrogens (tertiary/aromatic N) is 6. The number of rotatable bonds is 6. The third-order valence-electron chi connectivity index (χ3n) is 2.10. The Hall–Kier alpha value is -1.55. The summed E-state index contributed by atoms with van der Waals surface area (Å²) in [5.74, 6) is 0.469. The first-order chi connectivity index (χ1) is 8.72. The van der Waals surface area contributed by atoms with Crippen LogP contribution in [0.3, 0.4) is 0 Å². The van der Waals surface area contributed by atoms with E-state index in [-0.39, 0.29) is 24.7 Å². The van der Waals surface area contributed by atoms with Gasteiger partial charge in [-0.1, -0.05) is 11.8 Å². The van der Waals surface area contributed by atoms with Crippen LogP contribution in [0.4, 0.5) is 8.78 Å². The summed E-state index contributed by atoms with van der Waals surface area (Å²) in [6.45, 7) is -2.44. The molecular weight excluding hydrogens is 266 g/mol. The van der Waals surface area contributed by atoms with E-state index in [0.717, 1.165) is 4.57 Å². The number of hydrogen-bond donors (Lipinski definition) is 1. The van der Waals surface area contributed by atoms with Gasteiger partial charge in [0.05, 0.1) is 18.9 Å². The van der Waals surface area contributed by atoms with E-state index in [1.807, 2.05) is 0 Å². The van der Waals surface area contributed by atoms with Crippen molar-refractivity contribution in [2.24, 2.45) is 0 Å². The van der Waals surface area contributed by atoms with Gasteiger partial charge in [0.25, 0.3) is 0 Å². The van der Waals surface area contributed by atoms with Gasteiger partial charge in [0.15, 0.2) is 0 Å². The van der Waals surface area contributed by atoms with Gasteiger partial charge in [-0.15, -0.1) is 5.10 Å². The van der Waals surface area contributed by atoms with Gasteiger partial charge in [0.2, 0.25) is 5.16 Å². The second kappa shape index (κ2) is 5.87. The van der Waals surface area contributed by atoms with Gasteiger partial charge in [0.1, 0.15) is 5.82 Å². The van der Waals surface area contributed by atoms with Crippen molar-refractivity contribution in [2.45, 2.75) is 24.0 Å². The highest BCUT2D eigenvalue weighted by Crippen LogP contribution is 2.21. The van der Waals surface area contributed by atoms with Crippen LogP contribution in [0.15, 0.2) is 17.6 Å². The molecule has 0 saturated carbocycles. The Kier molecular flexibility index (Phi) is 4.20. The Morgan fingerprint density at radius 2 is 2.28 bits per heavy atom. The van der Waals surface area contributed by atoms with Crippen LogP contribution < -0.4 is 0 Å². The third kappa shape index (κ3) is 2.82. The minimum atomic E-state index is -2.61. The second-order valence-electron chi connectivity index (χ2n) is 3.23. The van der Waals surface area contributed by atoms with Crippen molar-refractivity contribution in [2.75, 3.05) is 6.61 Å². The molecule has 0 bridgehead atoms. The van der Waals surface area contributed by atoms with E-state index in [2.05, 4.69) is 20.5 Å². The average molecular weight is 276 g/mol. The van der Waals surface area contributed by atoms with Gasteiger partial charge in [-0.3, -0.25) is 4.57 Å². The number of halogens is 2. The SMILES string of the molecule is OCCn1nnnc1SCc1nccn1C(F)F. The molecule has 0 fully saturated rings. The first-order valence-corrected chi connectivity index (χ1v) is 6.00. The van der Waals surface area contributed by atoms with Crippen molar-refractivity contribution in [3.05, 3.63) is 18.2 Å². The zero-order valence-electron chi connectivity index (χ0n) is 9.15. The largest absolute Gasteiger partial charge is 0.394 e. The highest BCUT2D eigenvalue weighted by Gasteiger charge is 2.13. The first kappa shape index (κ1) is 12.9. The van der Waals surface area contributed by atoms with E-state index in [9.17, 15) is 8.78 Å². The molecule has 2 aromatic heterocycles. The van der Waals surface area contributed by atoms with Crippen molar-refractivity contribution in [3.8, 4) is 0 Å². The molecule has 0 radical (unpaired) electrons. The summed E-state index contributed by atoms with van der Waals surface area (Å²) in [6, 6.07) is 0. The van der Waals surface area contributed by atoms with Crippen LogP contribution in [0.2, 0.25) is 0 Å². The Morgan fingerprint density at radius 1 is 1.44 bits per heavy atom. The predicted octanol–water partition coefficient (Wildman–Crippen LogP) is 0.549. The smallest absolute Gasteiger partial charge is 0.319 e. The normalized spacial score (nSPS) is 11.3. The maximum atomic E-state index is 12.6. The fourth-order valence-electron chi connectivity index (χ4n) is 1.30. The van der Waals surface area contributed by atoms with Crippen LogP contribution in [0.1, 0.15) is 12.4 Å². The fraction of sp³-hybridized carbons (Fsp3) is 0.500. The molecule has 0 amide bonds. The topological polar surface area (TPSA) is 81.7 Å². The minimum Gasteiger partial charge on any atom is -0.394 e. The summed E-state index contributed by atoms with van der Waals surface area (Å²) >= 11 is 1.18. The molecule has 98 valence electrons. The highest BCUT2D eigenvalue weighted by atomic mass is 32.2. The molecule has 0 aliphatic carbocycles. The van der Waals surface area contributed by atoms with Gasteiger partial charge < -0.3 is 5.11 Å². The van der Waals surface area contributed by atoms with Crippen molar-refractivity contribution in [3.63, 3.8) is 0 Å². The predicted molar refractivity (Wildman–Crippen MR) is 57.9 cm³/mol. The summed E-state index contributed by atoms with van der Waals surface area (Å²) in [4.78, 5) is 3.85. The molecule has 0 atom stereocenters. The van der Waals surface area contributed by atoms with E-state index in [4.69, 9.17) is 5.11 Å². The van der Waals surface area contributed by atoms with Gasteiger partial charge in [0, 0.05) is 12.4 Å². The molecule has 18 heavy (non-hydrogen) atoms. The summed E-state index contributed by atoms with van der Waals surface area (Å²) in [5, 5.41) is 20.1. The summed E-state index contributed by atoms with van der Waals surface area (Å²) in [5.41, 5.74) is 0. The van der Waals surface area contributed by atoms with Crippen LogP contribution >= 0.6 is 11.8 Å². The number of alkyl halides is 2. The molecule has 0 saturated heterocycles. The lowest BCUT2D eigenvalue weighted by Crippen LogP contribution is -2.06. The molecule has 10 heteroatoms. The molecule has 0 unspecified atom stereocenters. The van der Waals surface area contributed by atoms with Crippen molar-refractivity contribution in [1.82, 2.24) is 29.8 Å². The Bertz CT molecular complexity index is 501. The van der Waals surface area contributed by atoms with Crippen LogP contribution in [-0.4, -0.2) is 41.5 Å². The van der Waals surface area contributed by atoms with Crippen molar-refractivity contribution >= 4 is 11.8 Å². The molecule has 2 rings (SSSR count). The van der Waals surface area contributed by atoms with Gasteiger partial charge in [-0.25, -0.2) is 9.67 Å². The zero-order chi connectivity index (χ0) is 13.0. The molecule has 2 heterocycles. The van der Waals surface area contributed by atoms with E-state index in [0.29, 0.717) is 5.16 Å². The number of aromatic nitrogens is 6. The monoisotopic (exact) mass is 276 g/mol. The number of thioether (sulfide) groups is 1. The van der Waals surface area contributed by atoms with E-state index >= 15 is 0 Å². The molecular formula is C8H10F2N6OS. The number of imidazole rings is 1. The molecule has 0 aliphatic heterocycles. The second-order valence-corrected chi connectivity index (χ2v) is 4.17. The molecule has 0 spiro atoms. The molecule has 7 nitrogen and oxygen atoms in total. The summed E-state index contributed by atoms with van der Waals surface area (Å²) in [6.07, 6.45) is 2.54. The zero-order valence-corrected chi connectivity index (χ0v) is 9.96. The summed E-state index contributed by atoms with van der Waals surface area (Å²) in [7, 11) is 0. The van der Waals surface area contributed by atoms with Crippen molar-refractivity contribution in [1.29, 1.82) is 0 Å². The molecule has 0 aliphatic rings. The number of aliphatic hydroxyl groups excluding tert-OH is 1. The van der Waals surface area contributed by atoms with E-state index < -0.39 is 6.55 Å². The Labute approximate surface area is 105 Å². The van der Waals surface area contributed by atoms with Gasteiger partial charge >= 0.3 is 6.55 Å². The van der Waals surface area contributed by atoms with Crippen LogP contribution in [0.5, 0.6) is 0 Å². The number of tetrazole rings is 1. The molecule has 2 aromatic rings. The average Bonchev–Trinajstić information content (AvgIpc) is 2.95. The van der Waals surface area contributed by atoms with Crippen LogP contribution in [-0.2, 0) is 12.3 Å². The van der Waals surface area contributed by atoms with Crippen molar-refractivity contribution < 1.29 is 13.9 Å². The fourth-order valence-corrected chi connectivity index (χ4v) is 2.15. The van der Waals surface area contributed by atoms with Gasteiger partial charge in [-0.05, 0) is 10.4 Å². The number of hydrogen-bond acceptors (Lipinski definition) is 6. The third-order valence-corrected chi connectivity index (χ3v) is 3.05. The minimum absolute atomic E-state index is 0.0930. The summed E-state index contributed by atoms with van der Waals surface area (Å²) < 4.78 is 27.3.